The Labute approximate surface area is 127 Å². The van der Waals surface area contributed by atoms with Gasteiger partial charge in [-0.05, 0) is 24.1 Å². The maximum atomic E-state index is 12.3. The lowest BCUT2D eigenvalue weighted by atomic mass is 10.2. The Morgan fingerprint density at radius 1 is 1.00 bits per heavy atom. The van der Waals surface area contributed by atoms with E-state index in [1.165, 1.54) is 4.31 Å². The summed E-state index contributed by atoms with van der Waals surface area (Å²) >= 11 is 0. The monoisotopic (exact) mass is 334 g/mol. The van der Waals surface area contributed by atoms with Crippen molar-refractivity contribution < 1.29 is 16.8 Å². The van der Waals surface area contributed by atoms with Gasteiger partial charge in [0.05, 0.1) is 11.2 Å². The van der Waals surface area contributed by atoms with Crippen LogP contribution in [0.5, 0.6) is 0 Å². The van der Waals surface area contributed by atoms with Crippen LogP contribution in [0, 0.1) is 0 Å². The Hall–Kier alpha value is -0.960. The molecule has 0 saturated carbocycles. The van der Waals surface area contributed by atoms with Crippen LogP contribution >= 0.6 is 0 Å². The lowest BCUT2D eigenvalue weighted by Gasteiger charge is -2.18. The van der Waals surface area contributed by atoms with E-state index in [9.17, 15) is 16.8 Å². The summed E-state index contributed by atoms with van der Waals surface area (Å²) in [5.74, 6) is 0. The first-order valence-corrected chi connectivity index (χ1v) is 10.1. The summed E-state index contributed by atoms with van der Waals surface area (Å²) in [6.45, 7) is 4.75. The summed E-state index contributed by atoms with van der Waals surface area (Å²) in [5.41, 5.74) is 0.879. The van der Waals surface area contributed by atoms with E-state index in [0.29, 0.717) is 26.1 Å². The van der Waals surface area contributed by atoms with Crippen molar-refractivity contribution in [3.8, 4) is 0 Å². The molecule has 1 aromatic rings. The number of hydrogen-bond donors (Lipinski definition) is 1. The predicted molar refractivity (Wildman–Crippen MR) is 83.1 cm³/mol. The number of rotatable bonds is 8. The van der Waals surface area contributed by atoms with Crippen molar-refractivity contribution in [2.45, 2.75) is 25.2 Å². The van der Waals surface area contributed by atoms with Crippen LogP contribution in [0.1, 0.15) is 19.4 Å². The van der Waals surface area contributed by atoms with Crippen molar-refractivity contribution in [3.05, 3.63) is 29.8 Å². The molecule has 0 aliphatic rings. The summed E-state index contributed by atoms with van der Waals surface area (Å²) in [6.07, 6.45) is 1.62. The van der Waals surface area contributed by atoms with Gasteiger partial charge >= 0.3 is 0 Å². The van der Waals surface area contributed by atoms with Gasteiger partial charge in [-0.3, -0.25) is 0 Å². The summed E-state index contributed by atoms with van der Waals surface area (Å²) in [7, 11) is -6.64. The molecule has 0 fully saturated rings. The van der Waals surface area contributed by atoms with E-state index < -0.39 is 20.0 Å². The van der Waals surface area contributed by atoms with Crippen LogP contribution in [0.2, 0.25) is 0 Å². The fourth-order valence-electron chi connectivity index (χ4n) is 1.92. The van der Waals surface area contributed by atoms with Crippen LogP contribution in [-0.4, -0.2) is 47.0 Å². The average Bonchev–Trinajstić information content (AvgIpc) is 2.39. The molecule has 1 N–H and O–H groups in total. The van der Waals surface area contributed by atoms with Gasteiger partial charge in [0, 0.05) is 19.6 Å². The lowest BCUT2D eigenvalue weighted by molar-refractivity contribution is 0.445. The van der Waals surface area contributed by atoms with Crippen molar-refractivity contribution in [3.63, 3.8) is 0 Å². The number of nitrogens with zero attached hydrogens (tertiary/aromatic N) is 1. The van der Waals surface area contributed by atoms with Gasteiger partial charge in [0.15, 0.2) is 0 Å². The van der Waals surface area contributed by atoms with E-state index in [2.05, 4.69) is 4.72 Å². The standard InChI is InChI=1S/C13H22N2O4S2/c1-4-15(5-2)21(18,19)13-8-6-12(7-9-13)10-11-14-20(3,16)17/h6-9,14H,4-5,10-11H2,1-3H3. The highest BCUT2D eigenvalue weighted by atomic mass is 32.2. The Morgan fingerprint density at radius 2 is 1.52 bits per heavy atom. The molecule has 6 nitrogen and oxygen atoms in total. The predicted octanol–water partition coefficient (Wildman–Crippen LogP) is 0.809. The summed E-state index contributed by atoms with van der Waals surface area (Å²) < 4.78 is 50.3. The molecule has 0 spiro atoms. The Bertz CT molecular complexity index is 648. The molecule has 0 atom stereocenters. The minimum atomic E-state index is -3.44. The minimum absolute atomic E-state index is 0.256. The van der Waals surface area contributed by atoms with E-state index >= 15 is 0 Å². The van der Waals surface area contributed by atoms with E-state index in [-0.39, 0.29) is 4.90 Å². The largest absolute Gasteiger partial charge is 0.243 e. The minimum Gasteiger partial charge on any atom is -0.215 e. The van der Waals surface area contributed by atoms with Crippen LogP contribution in [0.4, 0.5) is 0 Å². The number of sulfonamides is 2. The highest BCUT2D eigenvalue weighted by molar-refractivity contribution is 7.89. The Morgan fingerprint density at radius 3 is 1.95 bits per heavy atom. The van der Waals surface area contributed by atoms with Crippen molar-refractivity contribution in [2.24, 2.45) is 0 Å². The molecule has 0 aromatic heterocycles. The van der Waals surface area contributed by atoms with Crippen LogP contribution in [0.3, 0.4) is 0 Å². The highest BCUT2D eigenvalue weighted by Gasteiger charge is 2.20. The zero-order chi connectivity index (χ0) is 16.1. The SMILES string of the molecule is CCN(CC)S(=O)(=O)c1ccc(CCNS(C)(=O)=O)cc1. The lowest BCUT2D eigenvalue weighted by Crippen LogP contribution is -2.30. The third-order valence-corrected chi connectivity index (χ3v) is 5.84. The van der Waals surface area contributed by atoms with Gasteiger partial charge < -0.3 is 0 Å². The van der Waals surface area contributed by atoms with Crippen molar-refractivity contribution >= 4 is 20.0 Å². The molecule has 1 aromatic carbocycles. The molecule has 1 rings (SSSR count). The van der Waals surface area contributed by atoms with Crippen LogP contribution in [-0.2, 0) is 26.5 Å². The van der Waals surface area contributed by atoms with Crippen LogP contribution < -0.4 is 4.72 Å². The quantitative estimate of drug-likeness (QED) is 0.762. The maximum Gasteiger partial charge on any atom is 0.243 e. The van der Waals surface area contributed by atoms with E-state index in [1.54, 1.807) is 38.1 Å². The van der Waals surface area contributed by atoms with E-state index in [4.69, 9.17) is 0 Å². The van der Waals surface area contributed by atoms with Gasteiger partial charge in [0.25, 0.3) is 0 Å². The highest BCUT2D eigenvalue weighted by Crippen LogP contribution is 2.16. The Balaban J connectivity index is 2.78. The molecule has 8 heteroatoms. The van der Waals surface area contributed by atoms with Crippen LogP contribution in [0.15, 0.2) is 29.2 Å². The van der Waals surface area contributed by atoms with Gasteiger partial charge in [-0.25, -0.2) is 21.6 Å². The molecule has 0 radical (unpaired) electrons. The number of nitrogens with one attached hydrogen (secondary N) is 1. The maximum absolute atomic E-state index is 12.3. The number of benzene rings is 1. The van der Waals surface area contributed by atoms with Crippen LogP contribution in [0.25, 0.3) is 0 Å². The average molecular weight is 334 g/mol. The summed E-state index contributed by atoms with van der Waals surface area (Å²) in [6, 6.07) is 6.54. The molecule has 21 heavy (non-hydrogen) atoms. The first-order valence-electron chi connectivity index (χ1n) is 6.74. The van der Waals surface area contributed by atoms with E-state index in [0.717, 1.165) is 11.8 Å². The van der Waals surface area contributed by atoms with Crippen molar-refractivity contribution in [2.75, 3.05) is 25.9 Å². The van der Waals surface area contributed by atoms with Gasteiger partial charge in [0.1, 0.15) is 0 Å². The zero-order valence-electron chi connectivity index (χ0n) is 12.5. The molecule has 0 unspecified atom stereocenters. The Kier molecular flexibility index (Phi) is 6.33. The molecule has 0 aliphatic heterocycles. The number of hydrogen-bond acceptors (Lipinski definition) is 4. The first-order chi connectivity index (χ1) is 9.70. The second kappa shape index (κ2) is 7.35. The fourth-order valence-corrected chi connectivity index (χ4v) is 3.85. The smallest absolute Gasteiger partial charge is 0.215 e. The molecule has 0 heterocycles. The fraction of sp³-hybridized carbons (Fsp3) is 0.538. The third kappa shape index (κ3) is 5.39. The summed E-state index contributed by atoms with van der Waals surface area (Å²) in [4.78, 5) is 0.256. The topological polar surface area (TPSA) is 83.6 Å². The molecule has 0 aliphatic carbocycles. The summed E-state index contributed by atoms with van der Waals surface area (Å²) in [5, 5.41) is 0. The van der Waals surface area contributed by atoms with Gasteiger partial charge in [-0.2, -0.15) is 4.31 Å². The van der Waals surface area contributed by atoms with Crippen molar-refractivity contribution in [1.82, 2.24) is 9.03 Å². The van der Waals surface area contributed by atoms with Gasteiger partial charge in [-0.15, -0.1) is 0 Å². The molecule has 0 amide bonds. The molecule has 0 bridgehead atoms. The second-order valence-corrected chi connectivity index (χ2v) is 8.42. The molecular formula is C13H22N2O4S2. The molecular weight excluding hydrogens is 312 g/mol. The molecule has 120 valence electrons. The normalized spacial score (nSPS) is 12.8. The van der Waals surface area contributed by atoms with Gasteiger partial charge in [0.2, 0.25) is 20.0 Å². The first kappa shape index (κ1) is 18.1. The van der Waals surface area contributed by atoms with Gasteiger partial charge in [-0.1, -0.05) is 26.0 Å². The van der Waals surface area contributed by atoms with Crippen molar-refractivity contribution in [1.29, 1.82) is 0 Å². The zero-order valence-corrected chi connectivity index (χ0v) is 14.2. The molecule has 0 saturated heterocycles. The third-order valence-electron chi connectivity index (χ3n) is 3.04. The second-order valence-electron chi connectivity index (χ2n) is 4.65. The van der Waals surface area contributed by atoms with E-state index in [1.807, 2.05) is 0 Å².